The molecule has 0 radical (unpaired) electrons. The molecule has 1 aliphatic carbocycles. The summed E-state index contributed by atoms with van der Waals surface area (Å²) >= 11 is 6.34. The van der Waals surface area contributed by atoms with Crippen LogP contribution in [0.1, 0.15) is 51.4 Å². The number of rotatable bonds is 8. The number of hydrogen-bond donors (Lipinski definition) is 1. The van der Waals surface area contributed by atoms with Crippen molar-refractivity contribution in [1.29, 1.82) is 5.26 Å². The Morgan fingerprint density at radius 1 is 1.14 bits per heavy atom. The van der Waals surface area contributed by atoms with Gasteiger partial charge in [-0.05, 0) is 63.1 Å². The van der Waals surface area contributed by atoms with Crippen molar-refractivity contribution in [3.05, 3.63) is 29.3 Å². The number of piperazine rings is 1. The Kier molecular flexibility index (Phi) is 8.64. The van der Waals surface area contributed by atoms with Crippen molar-refractivity contribution in [2.45, 2.75) is 57.4 Å². The van der Waals surface area contributed by atoms with Crippen LogP contribution in [-0.2, 0) is 4.79 Å². The predicted molar refractivity (Wildman–Crippen MR) is 118 cm³/mol. The predicted octanol–water partition coefficient (Wildman–Crippen LogP) is 4.22. The summed E-state index contributed by atoms with van der Waals surface area (Å²) in [6.07, 6.45) is 7.48. The average Bonchev–Trinajstić information content (AvgIpc) is 2.74. The van der Waals surface area contributed by atoms with Crippen LogP contribution in [-0.4, -0.2) is 49.6 Å². The van der Waals surface area contributed by atoms with E-state index in [-0.39, 0.29) is 5.91 Å². The van der Waals surface area contributed by atoms with Crippen LogP contribution in [0.2, 0.25) is 5.02 Å². The molecule has 1 heterocycles. The van der Waals surface area contributed by atoms with Gasteiger partial charge in [-0.25, -0.2) is 0 Å². The van der Waals surface area contributed by atoms with E-state index in [1.54, 1.807) is 0 Å². The Bertz CT molecular complexity index is 688. The van der Waals surface area contributed by atoms with Crippen molar-refractivity contribution in [3.63, 3.8) is 0 Å². The molecule has 29 heavy (non-hydrogen) atoms. The lowest BCUT2D eigenvalue weighted by atomic mass is 9.84. The van der Waals surface area contributed by atoms with Crippen molar-refractivity contribution < 1.29 is 4.79 Å². The van der Waals surface area contributed by atoms with Gasteiger partial charge < -0.3 is 10.2 Å². The van der Waals surface area contributed by atoms with E-state index in [0.29, 0.717) is 25.3 Å². The molecule has 2 fully saturated rings. The lowest BCUT2D eigenvalue weighted by molar-refractivity contribution is -0.122. The van der Waals surface area contributed by atoms with E-state index in [4.69, 9.17) is 16.9 Å². The Morgan fingerprint density at radius 3 is 2.55 bits per heavy atom. The fraction of sp³-hybridized carbons (Fsp3) is 0.652. The molecule has 1 N–H and O–H groups in total. The summed E-state index contributed by atoms with van der Waals surface area (Å²) < 4.78 is 0. The van der Waals surface area contributed by atoms with Crippen molar-refractivity contribution >= 4 is 23.2 Å². The molecule has 0 bridgehead atoms. The van der Waals surface area contributed by atoms with E-state index in [0.717, 1.165) is 55.6 Å². The van der Waals surface area contributed by atoms with Gasteiger partial charge >= 0.3 is 0 Å². The van der Waals surface area contributed by atoms with Crippen LogP contribution in [0.15, 0.2) is 24.3 Å². The first-order chi connectivity index (χ1) is 14.2. The Balaban J connectivity index is 1.30. The number of amides is 1. The normalized spacial score (nSPS) is 22.8. The van der Waals surface area contributed by atoms with Gasteiger partial charge in [-0.15, -0.1) is 0 Å². The van der Waals surface area contributed by atoms with Crippen LogP contribution in [0.25, 0.3) is 0 Å². The molecule has 1 saturated carbocycles. The van der Waals surface area contributed by atoms with Gasteiger partial charge in [0.05, 0.1) is 16.8 Å². The van der Waals surface area contributed by atoms with Gasteiger partial charge in [-0.3, -0.25) is 9.69 Å². The molecule has 0 atom stereocenters. The Labute approximate surface area is 180 Å². The second-order valence-corrected chi connectivity index (χ2v) is 8.77. The highest BCUT2D eigenvalue weighted by Crippen LogP contribution is 2.28. The third-order valence-electron chi connectivity index (χ3n) is 6.32. The van der Waals surface area contributed by atoms with E-state index in [1.807, 2.05) is 12.1 Å². The molecule has 1 amide bonds. The van der Waals surface area contributed by atoms with Crippen LogP contribution in [0.3, 0.4) is 0 Å². The number of hydrogen-bond acceptors (Lipinski definition) is 4. The highest BCUT2D eigenvalue weighted by Gasteiger charge is 2.24. The number of nitriles is 1. The summed E-state index contributed by atoms with van der Waals surface area (Å²) in [5, 5.41) is 12.6. The third-order valence-corrected chi connectivity index (χ3v) is 6.64. The van der Waals surface area contributed by atoms with Crippen LogP contribution >= 0.6 is 11.6 Å². The number of halogens is 1. The Morgan fingerprint density at radius 2 is 1.86 bits per heavy atom. The maximum Gasteiger partial charge on any atom is 0.220 e. The molecular formula is C23H33ClN4O. The number of carbonyl (C=O) groups is 1. The second kappa shape index (κ2) is 11.4. The summed E-state index contributed by atoms with van der Waals surface area (Å²) in [7, 11) is 0. The molecule has 5 nitrogen and oxygen atoms in total. The zero-order valence-electron chi connectivity index (χ0n) is 17.3. The van der Waals surface area contributed by atoms with Crippen LogP contribution in [0.5, 0.6) is 0 Å². The number of carbonyl (C=O) groups excluding carboxylic acids is 1. The smallest absolute Gasteiger partial charge is 0.220 e. The summed E-state index contributed by atoms with van der Waals surface area (Å²) in [4.78, 5) is 16.9. The average molecular weight is 417 g/mol. The fourth-order valence-electron chi connectivity index (χ4n) is 4.51. The molecule has 1 saturated heterocycles. The van der Waals surface area contributed by atoms with Gasteiger partial charge in [0.1, 0.15) is 0 Å². The fourth-order valence-corrected chi connectivity index (χ4v) is 4.76. The Hall–Kier alpha value is -1.77. The summed E-state index contributed by atoms with van der Waals surface area (Å²) in [6, 6.07) is 10.5. The van der Waals surface area contributed by atoms with Crippen molar-refractivity contribution in [2.24, 2.45) is 5.92 Å². The molecular weight excluding hydrogens is 384 g/mol. The van der Waals surface area contributed by atoms with Gasteiger partial charge in [-0.1, -0.05) is 23.7 Å². The zero-order chi connectivity index (χ0) is 20.5. The third kappa shape index (κ3) is 6.90. The van der Waals surface area contributed by atoms with E-state index >= 15 is 0 Å². The van der Waals surface area contributed by atoms with E-state index < -0.39 is 0 Å². The molecule has 6 heteroatoms. The van der Waals surface area contributed by atoms with Crippen molar-refractivity contribution in [2.75, 3.05) is 37.6 Å². The number of benzene rings is 1. The molecule has 0 aromatic heterocycles. The van der Waals surface area contributed by atoms with Crippen LogP contribution in [0, 0.1) is 17.2 Å². The first kappa shape index (κ1) is 21.9. The highest BCUT2D eigenvalue weighted by atomic mass is 35.5. The molecule has 0 spiro atoms. The SMILES string of the molecule is N#CCCCC(=O)N[C@H]1CC[C@H](CCN2CCN(c3ccccc3Cl)CC2)CC1. The number of para-hydroxylation sites is 1. The monoisotopic (exact) mass is 416 g/mol. The lowest BCUT2D eigenvalue weighted by Gasteiger charge is -2.37. The van der Waals surface area contributed by atoms with Crippen LogP contribution in [0.4, 0.5) is 5.69 Å². The summed E-state index contributed by atoms with van der Waals surface area (Å²) in [5.74, 6) is 0.892. The van der Waals surface area contributed by atoms with Gasteiger partial charge in [0.15, 0.2) is 0 Å². The highest BCUT2D eigenvalue weighted by molar-refractivity contribution is 6.33. The second-order valence-electron chi connectivity index (χ2n) is 8.37. The molecule has 1 aliphatic heterocycles. The van der Waals surface area contributed by atoms with E-state index in [1.165, 1.54) is 25.8 Å². The zero-order valence-corrected chi connectivity index (χ0v) is 18.0. The van der Waals surface area contributed by atoms with Crippen molar-refractivity contribution in [1.82, 2.24) is 10.2 Å². The maximum absolute atomic E-state index is 11.9. The van der Waals surface area contributed by atoms with Gasteiger partial charge in [-0.2, -0.15) is 5.26 Å². The minimum atomic E-state index is 0.111. The lowest BCUT2D eigenvalue weighted by Crippen LogP contribution is -2.47. The topological polar surface area (TPSA) is 59.4 Å². The molecule has 1 aromatic carbocycles. The van der Waals surface area contributed by atoms with Gasteiger partial charge in [0.2, 0.25) is 5.91 Å². The van der Waals surface area contributed by atoms with E-state index in [2.05, 4.69) is 33.3 Å². The molecule has 158 valence electrons. The first-order valence-electron chi connectivity index (χ1n) is 11.0. The van der Waals surface area contributed by atoms with Gasteiger partial charge in [0.25, 0.3) is 0 Å². The number of anilines is 1. The molecule has 1 aromatic rings. The summed E-state index contributed by atoms with van der Waals surface area (Å²) in [5.41, 5.74) is 1.15. The molecule has 2 aliphatic rings. The first-order valence-corrected chi connectivity index (χ1v) is 11.4. The van der Waals surface area contributed by atoms with Gasteiger partial charge in [0, 0.05) is 45.1 Å². The largest absolute Gasteiger partial charge is 0.368 e. The molecule has 0 unspecified atom stereocenters. The number of nitrogens with one attached hydrogen (secondary N) is 1. The summed E-state index contributed by atoms with van der Waals surface area (Å²) in [6.45, 7) is 5.44. The molecule has 3 rings (SSSR count). The standard InChI is InChI=1S/C23H33ClN4O/c24-21-5-1-2-6-22(21)28-17-15-27(16-18-28)14-12-19-8-10-20(11-9-19)26-23(29)7-3-4-13-25/h1-2,5-6,19-20H,3-4,7-12,14-18H2,(H,26,29)/t19-,20-. The quantitative estimate of drug-likeness (QED) is 0.644. The van der Waals surface area contributed by atoms with Crippen LogP contribution < -0.4 is 10.2 Å². The van der Waals surface area contributed by atoms with E-state index in [9.17, 15) is 4.79 Å². The van der Waals surface area contributed by atoms with Crippen molar-refractivity contribution in [3.8, 4) is 6.07 Å². The minimum Gasteiger partial charge on any atom is -0.368 e. The number of unbranched alkanes of at least 4 members (excludes halogenated alkanes) is 1. The maximum atomic E-state index is 11.9. The number of nitrogens with zero attached hydrogens (tertiary/aromatic N) is 3. The minimum absolute atomic E-state index is 0.111.